The molecule has 1 N–H and O–H groups in total. The number of aromatic amines is 1. The first-order valence-corrected chi connectivity index (χ1v) is 7.39. The number of rotatable bonds is 4. The highest BCUT2D eigenvalue weighted by Gasteiger charge is 2.12. The fourth-order valence-corrected chi connectivity index (χ4v) is 2.75. The first-order chi connectivity index (χ1) is 11.1. The molecule has 0 aliphatic heterocycles. The van der Waals surface area contributed by atoms with E-state index in [9.17, 15) is 9.59 Å². The van der Waals surface area contributed by atoms with Gasteiger partial charge in [0.15, 0.2) is 0 Å². The van der Waals surface area contributed by atoms with Crippen LogP contribution in [0.25, 0.3) is 10.8 Å². The molecule has 0 aliphatic rings. The zero-order valence-corrected chi connectivity index (χ0v) is 13.1. The van der Waals surface area contributed by atoms with Gasteiger partial charge in [-0.3, -0.25) is 14.3 Å². The summed E-state index contributed by atoms with van der Waals surface area (Å²) >= 11 is 0. The van der Waals surface area contributed by atoms with Gasteiger partial charge in [-0.15, -0.1) is 0 Å². The predicted molar refractivity (Wildman–Crippen MR) is 89.8 cm³/mol. The number of H-pyrrole nitrogens is 1. The van der Waals surface area contributed by atoms with Crippen molar-refractivity contribution in [3.05, 3.63) is 80.1 Å². The first kappa shape index (κ1) is 15.2. The van der Waals surface area contributed by atoms with Gasteiger partial charge < -0.3 is 4.74 Å². The highest BCUT2D eigenvalue weighted by Crippen LogP contribution is 2.18. The Hall–Kier alpha value is -2.66. The normalized spacial score (nSPS) is 11.0. The highest BCUT2D eigenvalue weighted by atomic mass is 16.5. The van der Waals surface area contributed by atoms with Gasteiger partial charge in [-0.25, -0.2) is 4.79 Å². The van der Waals surface area contributed by atoms with E-state index in [0.717, 1.165) is 16.3 Å². The second kappa shape index (κ2) is 6.22. The van der Waals surface area contributed by atoms with Crippen molar-refractivity contribution < 1.29 is 4.74 Å². The number of fused-ring (bicyclic) bond motifs is 1. The fourth-order valence-electron chi connectivity index (χ4n) is 2.75. The molecule has 2 aromatic carbocycles. The van der Waals surface area contributed by atoms with Gasteiger partial charge in [-0.2, -0.15) is 0 Å². The quantitative estimate of drug-likeness (QED) is 0.803. The average Bonchev–Trinajstić information content (AvgIpc) is 2.55. The van der Waals surface area contributed by atoms with E-state index in [4.69, 9.17) is 4.74 Å². The number of nitrogens with one attached hydrogen (secondary N) is 1. The number of hydrogen-bond acceptors (Lipinski definition) is 3. The smallest absolute Gasteiger partial charge is 0.330 e. The van der Waals surface area contributed by atoms with Gasteiger partial charge in [0.05, 0.1) is 0 Å². The SMILES string of the molecule is COCn1c(Cc2ccc3ccccc3c2)c(C)c(=O)[nH]c1=O. The average molecular weight is 310 g/mol. The summed E-state index contributed by atoms with van der Waals surface area (Å²) in [5.74, 6) is 0. The van der Waals surface area contributed by atoms with Crippen molar-refractivity contribution in [1.29, 1.82) is 0 Å². The lowest BCUT2D eigenvalue weighted by molar-refractivity contribution is 0.124. The molecule has 118 valence electrons. The van der Waals surface area contributed by atoms with Crippen molar-refractivity contribution in [3.63, 3.8) is 0 Å². The Morgan fingerprint density at radius 1 is 1.09 bits per heavy atom. The van der Waals surface area contributed by atoms with Gasteiger partial charge >= 0.3 is 5.69 Å². The van der Waals surface area contributed by atoms with E-state index in [1.807, 2.05) is 30.3 Å². The minimum Gasteiger partial charge on any atom is -0.364 e. The monoisotopic (exact) mass is 310 g/mol. The van der Waals surface area contributed by atoms with Crippen molar-refractivity contribution in [1.82, 2.24) is 9.55 Å². The fraction of sp³-hybridized carbons (Fsp3) is 0.222. The third kappa shape index (κ3) is 2.96. The maximum Gasteiger partial charge on any atom is 0.330 e. The van der Waals surface area contributed by atoms with Gasteiger partial charge in [-0.05, 0) is 23.3 Å². The minimum absolute atomic E-state index is 0.110. The predicted octanol–water partition coefficient (Wildman–Crippen LogP) is 2.19. The molecule has 3 aromatic rings. The summed E-state index contributed by atoms with van der Waals surface area (Å²) in [6.45, 7) is 1.83. The Labute approximate surface area is 133 Å². The number of aromatic nitrogens is 2. The molecule has 0 bridgehead atoms. The highest BCUT2D eigenvalue weighted by molar-refractivity contribution is 5.83. The van der Waals surface area contributed by atoms with Gasteiger partial charge in [0.2, 0.25) is 0 Å². The molecule has 1 aromatic heterocycles. The molecule has 0 fully saturated rings. The largest absolute Gasteiger partial charge is 0.364 e. The number of hydrogen-bond donors (Lipinski definition) is 1. The van der Waals surface area contributed by atoms with E-state index in [-0.39, 0.29) is 12.3 Å². The van der Waals surface area contributed by atoms with Crippen molar-refractivity contribution in [2.24, 2.45) is 0 Å². The summed E-state index contributed by atoms with van der Waals surface area (Å²) < 4.78 is 6.56. The van der Waals surface area contributed by atoms with Crippen molar-refractivity contribution in [2.75, 3.05) is 7.11 Å². The van der Waals surface area contributed by atoms with Crippen LogP contribution in [0.1, 0.15) is 16.8 Å². The van der Waals surface area contributed by atoms with Crippen molar-refractivity contribution in [2.45, 2.75) is 20.1 Å². The van der Waals surface area contributed by atoms with E-state index >= 15 is 0 Å². The summed E-state index contributed by atoms with van der Waals surface area (Å²) in [6, 6.07) is 14.2. The van der Waals surface area contributed by atoms with Crippen LogP contribution in [0.2, 0.25) is 0 Å². The maximum atomic E-state index is 12.0. The molecule has 0 spiro atoms. The van der Waals surface area contributed by atoms with Gasteiger partial charge in [0.1, 0.15) is 6.73 Å². The summed E-state index contributed by atoms with van der Waals surface area (Å²) in [5, 5.41) is 2.29. The van der Waals surface area contributed by atoms with Crippen LogP contribution >= 0.6 is 0 Å². The van der Waals surface area contributed by atoms with Crippen molar-refractivity contribution in [3.8, 4) is 0 Å². The molecule has 5 heteroatoms. The number of ether oxygens (including phenoxy) is 1. The Kier molecular flexibility index (Phi) is 4.12. The molecular weight excluding hydrogens is 292 g/mol. The number of methoxy groups -OCH3 is 1. The molecule has 3 rings (SSSR count). The summed E-state index contributed by atoms with van der Waals surface area (Å²) in [4.78, 5) is 26.3. The van der Waals surface area contributed by atoms with Gasteiger partial charge in [-0.1, -0.05) is 42.5 Å². The Bertz CT molecular complexity index is 970. The van der Waals surface area contributed by atoms with Crippen LogP contribution in [0.4, 0.5) is 0 Å². The Balaban J connectivity index is 2.10. The lowest BCUT2D eigenvalue weighted by Gasteiger charge is -2.14. The molecule has 0 saturated heterocycles. The van der Waals surface area contributed by atoms with E-state index in [1.165, 1.54) is 11.7 Å². The molecule has 0 unspecified atom stereocenters. The first-order valence-electron chi connectivity index (χ1n) is 7.39. The van der Waals surface area contributed by atoms with Gasteiger partial charge in [0, 0.05) is 24.8 Å². The standard InChI is InChI=1S/C18H18N2O3/c1-12-16(20(11-23-2)18(22)19-17(12)21)10-13-7-8-14-5-3-4-6-15(14)9-13/h3-9H,10-11H2,1-2H3,(H,19,21,22). The molecule has 5 nitrogen and oxygen atoms in total. The minimum atomic E-state index is -0.446. The lowest BCUT2D eigenvalue weighted by atomic mass is 10.0. The lowest BCUT2D eigenvalue weighted by Crippen LogP contribution is -2.35. The molecule has 0 aliphatic carbocycles. The van der Waals surface area contributed by atoms with Crippen LogP contribution in [-0.4, -0.2) is 16.7 Å². The van der Waals surface area contributed by atoms with E-state index in [2.05, 4.69) is 17.1 Å². The van der Waals surface area contributed by atoms with Crippen LogP contribution in [0, 0.1) is 6.92 Å². The maximum absolute atomic E-state index is 12.0. The molecule has 0 saturated carbocycles. The number of nitrogens with zero attached hydrogens (tertiary/aromatic N) is 1. The van der Waals surface area contributed by atoms with Crippen LogP contribution in [0.15, 0.2) is 52.1 Å². The second-order valence-electron chi connectivity index (χ2n) is 5.54. The van der Waals surface area contributed by atoms with Crippen molar-refractivity contribution >= 4 is 10.8 Å². The molecule has 0 radical (unpaired) electrons. The van der Waals surface area contributed by atoms with Gasteiger partial charge in [0.25, 0.3) is 5.56 Å². The second-order valence-corrected chi connectivity index (χ2v) is 5.54. The molecule has 1 heterocycles. The number of benzene rings is 2. The van der Waals surface area contributed by atoms with E-state index in [1.54, 1.807) is 6.92 Å². The summed E-state index contributed by atoms with van der Waals surface area (Å²) in [6.07, 6.45) is 0.499. The molecule has 0 atom stereocenters. The Morgan fingerprint density at radius 2 is 1.83 bits per heavy atom. The van der Waals surface area contributed by atoms with Crippen LogP contribution in [0.3, 0.4) is 0 Å². The van der Waals surface area contributed by atoms with E-state index in [0.29, 0.717) is 17.7 Å². The third-order valence-electron chi connectivity index (χ3n) is 4.01. The van der Waals surface area contributed by atoms with Crippen LogP contribution in [-0.2, 0) is 17.9 Å². The van der Waals surface area contributed by atoms with Crippen LogP contribution in [0.5, 0.6) is 0 Å². The molecule has 23 heavy (non-hydrogen) atoms. The summed E-state index contributed by atoms with van der Waals surface area (Å²) in [7, 11) is 1.52. The molecular formula is C18H18N2O3. The summed E-state index contributed by atoms with van der Waals surface area (Å²) in [5.41, 5.74) is 1.46. The van der Waals surface area contributed by atoms with E-state index < -0.39 is 5.69 Å². The Morgan fingerprint density at radius 3 is 2.57 bits per heavy atom. The molecule has 0 amide bonds. The topological polar surface area (TPSA) is 64.1 Å². The zero-order valence-electron chi connectivity index (χ0n) is 13.1. The van der Waals surface area contributed by atoms with Crippen LogP contribution < -0.4 is 11.2 Å². The third-order valence-corrected chi connectivity index (χ3v) is 4.01. The zero-order chi connectivity index (χ0) is 16.4.